The second-order valence-electron chi connectivity index (χ2n) is 3.78. The molecule has 3 nitrogen and oxygen atoms in total. The highest BCUT2D eigenvalue weighted by molar-refractivity contribution is 5.59. The predicted molar refractivity (Wildman–Crippen MR) is 39.4 cm³/mol. The van der Waals surface area contributed by atoms with Crippen molar-refractivity contribution in [2.45, 2.75) is 25.0 Å². The van der Waals surface area contributed by atoms with E-state index in [0.717, 1.165) is 11.2 Å². The molecule has 3 heterocycles. The van der Waals surface area contributed by atoms with Crippen molar-refractivity contribution in [3.05, 3.63) is 5.21 Å². The lowest BCUT2D eigenvalue weighted by atomic mass is 9.82. The van der Waals surface area contributed by atoms with E-state index in [1.54, 1.807) is 0 Å². The van der Waals surface area contributed by atoms with Crippen LogP contribution >= 0.6 is 0 Å². The number of ether oxygens (including phenoxy) is 1. The summed E-state index contributed by atoms with van der Waals surface area (Å²) in [6, 6.07) is 0. The lowest BCUT2D eigenvalue weighted by Crippen LogP contribution is -2.26. The van der Waals surface area contributed by atoms with Crippen LogP contribution in [0.25, 0.3) is 0 Å². The lowest BCUT2D eigenvalue weighted by molar-refractivity contribution is -0.451. The van der Waals surface area contributed by atoms with E-state index in [1.807, 2.05) is 6.21 Å². The minimum absolute atomic E-state index is 0.379. The SMILES string of the molecule is [O-][N+]1=C[C@H]2[C@@H](C1)[C@@H]1CC[C@H]2O1. The van der Waals surface area contributed by atoms with Gasteiger partial charge in [-0.1, -0.05) is 0 Å². The molecule has 11 heavy (non-hydrogen) atoms. The molecule has 2 bridgehead atoms. The first-order chi connectivity index (χ1) is 5.34. The van der Waals surface area contributed by atoms with Crippen LogP contribution in [0.1, 0.15) is 12.8 Å². The molecule has 4 atom stereocenters. The van der Waals surface area contributed by atoms with Crippen LogP contribution in [-0.2, 0) is 4.74 Å². The van der Waals surface area contributed by atoms with E-state index < -0.39 is 0 Å². The van der Waals surface area contributed by atoms with Gasteiger partial charge in [-0.15, -0.1) is 0 Å². The second kappa shape index (κ2) is 1.78. The third-order valence-corrected chi connectivity index (χ3v) is 3.22. The normalized spacial score (nSPS) is 52.9. The minimum atomic E-state index is 0.379. The van der Waals surface area contributed by atoms with Crippen LogP contribution in [0.5, 0.6) is 0 Å². The van der Waals surface area contributed by atoms with Crippen molar-refractivity contribution in [3.8, 4) is 0 Å². The Morgan fingerprint density at radius 2 is 2.18 bits per heavy atom. The fraction of sp³-hybridized carbons (Fsp3) is 0.875. The van der Waals surface area contributed by atoms with Gasteiger partial charge in [0.2, 0.25) is 0 Å². The third kappa shape index (κ3) is 0.644. The van der Waals surface area contributed by atoms with E-state index in [-0.39, 0.29) is 0 Å². The molecular formula is C8H11NO2. The zero-order chi connectivity index (χ0) is 7.42. The fourth-order valence-corrected chi connectivity index (χ4v) is 2.72. The van der Waals surface area contributed by atoms with Gasteiger partial charge >= 0.3 is 0 Å². The van der Waals surface area contributed by atoms with Crippen LogP contribution in [-0.4, -0.2) is 29.7 Å². The zero-order valence-corrected chi connectivity index (χ0v) is 6.27. The van der Waals surface area contributed by atoms with Crippen molar-refractivity contribution in [2.75, 3.05) is 6.54 Å². The molecule has 0 aromatic rings. The molecule has 0 unspecified atom stereocenters. The van der Waals surface area contributed by atoms with Crippen LogP contribution in [0, 0.1) is 17.0 Å². The molecule has 0 aromatic heterocycles. The van der Waals surface area contributed by atoms with Crippen LogP contribution < -0.4 is 0 Å². The Balaban J connectivity index is 1.94. The van der Waals surface area contributed by atoms with Gasteiger partial charge < -0.3 is 9.94 Å². The summed E-state index contributed by atoms with van der Waals surface area (Å²) in [4.78, 5) is 0. The summed E-state index contributed by atoms with van der Waals surface area (Å²) in [5.41, 5.74) is 0. The Kier molecular flexibility index (Phi) is 0.969. The highest BCUT2D eigenvalue weighted by Crippen LogP contribution is 2.44. The molecular weight excluding hydrogens is 142 g/mol. The maximum Gasteiger partial charge on any atom is 0.159 e. The number of rotatable bonds is 0. The summed E-state index contributed by atoms with van der Waals surface area (Å²) < 4.78 is 6.78. The van der Waals surface area contributed by atoms with Gasteiger partial charge in [0.25, 0.3) is 0 Å². The van der Waals surface area contributed by atoms with Gasteiger partial charge in [0.15, 0.2) is 12.8 Å². The summed E-state index contributed by atoms with van der Waals surface area (Å²) in [7, 11) is 0. The minimum Gasteiger partial charge on any atom is -0.624 e. The van der Waals surface area contributed by atoms with E-state index >= 15 is 0 Å². The maximum absolute atomic E-state index is 11.0. The molecule has 0 spiro atoms. The van der Waals surface area contributed by atoms with Crippen LogP contribution in [0.2, 0.25) is 0 Å². The van der Waals surface area contributed by atoms with Gasteiger partial charge in [-0.3, -0.25) is 0 Å². The van der Waals surface area contributed by atoms with Crippen LogP contribution in [0.3, 0.4) is 0 Å². The quantitative estimate of drug-likeness (QED) is 0.372. The van der Waals surface area contributed by atoms with Gasteiger partial charge in [0, 0.05) is 0 Å². The van der Waals surface area contributed by atoms with Gasteiger partial charge in [-0.2, -0.15) is 0 Å². The van der Waals surface area contributed by atoms with Crippen molar-refractivity contribution in [1.29, 1.82) is 0 Å². The van der Waals surface area contributed by atoms with Crippen LogP contribution in [0.4, 0.5) is 0 Å². The lowest BCUT2D eigenvalue weighted by Gasteiger charge is -2.14. The van der Waals surface area contributed by atoms with E-state index in [2.05, 4.69) is 0 Å². The molecule has 3 rings (SSSR count). The molecule has 60 valence electrons. The highest BCUT2D eigenvalue weighted by Gasteiger charge is 2.53. The Morgan fingerprint density at radius 1 is 1.36 bits per heavy atom. The van der Waals surface area contributed by atoms with Crippen molar-refractivity contribution >= 4 is 6.21 Å². The number of hydroxylamine groups is 1. The van der Waals surface area contributed by atoms with Crippen molar-refractivity contribution in [2.24, 2.45) is 11.8 Å². The van der Waals surface area contributed by atoms with E-state index in [0.29, 0.717) is 30.6 Å². The topological polar surface area (TPSA) is 35.3 Å². The summed E-state index contributed by atoms with van der Waals surface area (Å²) >= 11 is 0. The average molecular weight is 153 g/mol. The molecule has 3 heteroatoms. The molecule has 3 aliphatic heterocycles. The molecule has 0 N–H and O–H groups in total. The average Bonchev–Trinajstić information content (AvgIpc) is 2.53. The molecule has 0 radical (unpaired) electrons. The van der Waals surface area contributed by atoms with Crippen molar-refractivity contribution in [1.82, 2.24) is 0 Å². The first-order valence-electron chi connectivity index (χ1n) is 4.29. The van der Waals surface area contributed by atoms with Gasteiger partial charge in [-0.05, 0) is 12.8 Å². The number of hydrogen-bond acceptors (Lipinski definition) is 2. The molecule has 0 amide bonds. The summed E-state index contributed by atoms with van der Waals surface area (Å²) in [6.07, 6.45) is 4.93. The second-order valence-corrected chi connectivity index (χ2v) is 3.78. The molecule has 0 aromatic carbocycles. The summed E-state index contributed by atoms with van der Waals surface area (Å²) in [5.74, 6) is 0.970. The highest BCUT2D eigenvalue weighted by atomic mass is 16.5. The molecule has 2 saturated heterocycles. The summed E-state index contributed by atoms with van der Waals surface area (Å²) in [6.45, 7) is 0.672. The molecule has 0 aliphatic carbocycles. The smallest absolute Gasteiger partial charge is 0.159 e. The third-order valence-electron chi connectivity index (χ3n) is 3.22. The number of hydrogen-bond donors (Lipinski definition) is 0. The standard InChI is InChI=1S/C8H11NO2/c10-9-3-5-6(4-9)8-2-1-7(5)11-8/h3,5-8H,1-2,4H2/t5-,6+,7+,8-/m0/s1. The number of fused-ring (bicyclic) bond motifs is 5. The monoisotopic (exact) mass is 153 g/mol. The summed E-state index contributed by atoms with van der Waals surface area (Å²) in [5, 5.41) is 11.0. The van der Waals surface area contributed by atoms with Gasteiger partial charge in [0.05, 0.1) is 24.0 Å². The number of nitrogens with zero attached hydrogens (tertiary/aromatic N) is 1. The van der Waals surface area contributed by atoms with Crippen molar-refractivity contribution < 1.29 is 9.48 Å². The first-order valence-corrected chi connectivity index (χ1v) is 4.29. The van der Waals surface area contributed by atoms with E-state index in [9.17, 15) is 5.21 Å². The zero-order valence-electron chi connectivity index (χ0n) is 6.27. The van der Waals surface area contributed by atoms with Crippen molar-refractivity contribution in [3.63, 3.8) is 0 Å². The molecule has 3 aliphatic rings. The Hall–Kier alpha value is -0.570. The van der Waals surface area contributed by atoms with E-state index in [4.69, 9.17) is 4.74 Å². The van der Waals surface area contributed by atoms with E-state index in [1.165, 1.54) is 6.42 Å². The Bertz CT molecular complexity index is 226. The Labute approximate surface area is 65.2 Å². The van der Waals surface area contributed by atoms with Crippen LogP contribution in [0.15, 0.2) is 0 Å². The molecule has 0 saturated carbocycles. The Morgan fingerprint density at radius 3 is 3.00 bits per heavy atom. The van der Waals surface area contributed by atoms with Gasteiger partial charge in [0.1, 0.15) is 0 Å². The maximum atomic E-state index is 11.0. The van der Waals surface area contributed by atoms with Gasteiger partial charge in [-0.25, -0.2) is 4.74 Å². The molecule has 2 fully saturated rings. The fourth-order valence-electron chi connectivity index (χ4n) is 2.72. The first kappa shape index (κ1) is 6.00. The largest absolute Gasteiger partial charge is 0.624 e. The predicted octanol–water partition coefficient (Wildman–Crippen LogP) is 0.375.